The van der Waals surface area contributed by atoms with Crippen molar-refractivity contribution < 1.29 is 34.1 Å². The number of ether oxygens (including phenoxy) is 2. The fraction of sp³-hybridized carbons (Fsp3) is 0.500. The molecule has 2 aliphatic rings. The second kappa shape index (κ2) is 5.45. The monoisotopic (exact) mass is 348 g/mol. The third-order valence-corrected chi connectivity index (χ3v) is 4.50. The highest BCUT2D eigenvalue weighted by Crippen LogP contribution is 2.45. The van der Waals surface area contributed by atoms with Crippen molar-refractivity contribution in [2.75, 3.05) is 6.61 Å². The van der Waals surface area contributed by atoms with Gasteiger partial charge in [-0.05, 0) is 20.8 Å². The fourth-order valence-corrected chi connectivity index (χ4v) is 3.34. The molecule has 0 radical (unpaired) electrons. The number of aliphatic hydroxyl groups is 2. The number of ketones is 2. The smallest absolute Gasteiger partial charge is 0.309 e. The minimum absolute atomic E-state index is 0.000589. The molecule has 7 nitrogen and oxygen atoms in total. The highest BCUT2D eigenvalue weighted by atomic mass is 16.6. The molecule has 0 aromatic heterocycles. The normalized spacial score (nSPS) is 31.5. The zero-order valence-corrected chi connectivity index (χ0v) is 14.2. The summed E-state index contributed by atoms with van der Waals surface area (Å²) in [5, 5.41) is 21.8. The van der Waals surface area contributed by atoms with Crippen LogP contribution in [0.3, 0.4) is 0 Å². The van der Waals surface area contributed by atoms with E-state index in [1.807, 2.05) is 0 Å². The van der Waals surface area contributed by atoms with E-state index >= 15 is 0 Å². The fourth-order valence-electron chi connectivity index (χ4n) is 3.34. The molecule has 1 aromatic rings. The molecule has 1 aliphatic heterocycles. The van der Waals surface area contributed by atoms with Crippen LogP contribution in [0.4, 0.5) is 0 Å². The highest BCUT2D eigenvalue weighted by Gasteiger charge is 2.71. The molecular weight excluding hydrogens is 328 g/mol. The van der Waals surface area contributed by atoms with Crippen molar-refractivity contribution in [3.8, 4) is 0 Å². The maximum Gasteiger partial charge on any atom is 0.309 e. The highest BCUT2D eigenvalue weighted by molar-refractivity contribution is 6.22. The van der Waals surface area contributed by atoms with Gasteiger partial charge in [0.2, 0.25) is 11.6 Å². The van der Waals surface area contributed by atoms with Crippen molar-refractivity contribution >= 4 is 17.5 Å². The van der Waals surface area contributed by atoms with Crippen LogP contribution in [0.15, 0.2) is 24.3 Å². The van der Waals surface area contributed by atoms with Crippen LogP contribution in [0.5, 0.6) is 0 Å². The summed E-state index contributed by atoms with van der Waals surface area (Å²) in [6, 6.07) is 5.92. The minimum Gasteiger partial charge on any atom is -0.460 e. The quantitative estimate of drug-likeness (QED) is 0.755. The van der Waals surface area contributed by atoms with Gasteiger partial charge in [0.05, 0.1) is 13.0 Å². The molecular formula is C18H20O7. The van der Waals surface area contributed by atoms with Crippen LogP contribution < -0.4 is 0 Å². The molecule has 1 fully saturated rings. The van der Waals surface area contributed by atoms with Crippen LogP contribution >= 0.6 is 0 Å². The van der Waals surface area contributed by atoms with E-state index in [4.69, 9.17) is 9.47 Å². The summed E-state index contributed by atoms with van der Waals surface area (Å²) in [7, 11) is 0. The lowest BCUT2D eigenvalue weighted by atomic mass is 9.66. The molecule has 1 saturated heterocycles. The van der Waals surface area contributed by atoms with Crippen molar-refractivity contribution in [2.24, 2.45) is 0 Å². The first kappa shape index (κ1) is 17.7. The Morgan fingerprint density at radius 1 is 1.20 bits per heavy atom. The third-order valence-electron chi connectivity index (χ3n) is 4.50. The number of carbonyl (C=O) groups excluding carboxylic acids is 3. The molecule has 0 amide bonds. The molecule has 1 aliphatic carbocycles. The average molecular weight is 348 g/mol. The Hall–Kier alpha value is -2.09. The van der Waals surface area contributed by atoms with Crippen LogP contribution in [0.2, 0.25) is 0 Å². The Bertz CT molecular complexity index is 763. The summed E-state index contributed by atoms with van der Waals surface area (Å²) in [5.74, 6) is -2.33. The van der Waals surface area contributed by atoms with Gasteiger partial charge in [0.25, 0.3) is 0 Å². The summed E-state index contributed by atoms with van der Waals surface area (Å²) in [5.41, 5.74) is -5.69. The van der Waals surface area contributed by atoms with Crippen LogP contribution in [0.25, 0.3) is 0 Å². The van der Waals surface area contributed by atoms with E-state index in [0.29, 0.717) is 0 Å². The van der Waals surface area contributed by atoms with Gasteiger partial charge in [-0.1, -0.05) is 24.3 Å². The van der Waals surface area contributed by atoms with Crippen LogP contribution in [0.1, 0.15) is 47.9 Å². The second-order valence-corrected chi connectivity index (χ2v) is 7.42. The van der Waals surface area contributed by atoms with Crippen LogP contribution in [-0.2, 0) is 14.3 Å². The van der Waals surface area contributed by atoms with Crippen LogP contribution in [0, 0.1) is 0 Å². The molecule has 1 aromatic carbocycles. The van der Waals surface area contributed by atoms with Crippen molar-refractivity contribution in [1.29, 1.82) is 0 Å². The standard InChI is InChI=1S/C18H20O7/c1-16(2,3)25-13(19)8-12-18(23)15(21)11-7-5-4-6-10(11)14(20)17(18,22)9-24-12/h4-7,12,22-23H,8-9H2,1-3H3/t12-,17+,18-/m0/s1. The molecule has 25 heavy (non-hydrogen) atoms. The molecule has 0 unspecified atom stereocenters. The van der Waals surface area contributed by atoms with Gasteiger partial charge >= 0.3 is 5.97 Å². The van der Waals surface area contributed by atoms with E-state index in [9.17, 15) is 24.6 Å². The Labute approximate surface area is 144 Å². The molecule has 1 heterocycles. The molecule has 3 rings (SSSR count). The van der Waals surface area contributed by atoms with Crippen LogP contribution in [-0.4, -0.2) is 57.3 Å². The summed E-state index contributed by atoms with van der Waals surface area (Å²) in [4.78, 5) is 37.6. The predicted molar refractivity (Wildman–Crippen MR) is 85.2 cm³/mol. The number of Topliss-reactive ketones (excluding diaryl/α,β-unsaturated/α-hetero) is 2. The zero-order chi connectivity index (χ0) is 18.6. The topological polar surface area (TPSA) is 110 Å². The second-order valence-electron chi connectivity index (χ2n) is 7.42. The first-order valence-electron chi connectivity index (χ1n) is 7.97. The Balaban J connectivity index is 1.99. The maximum atomic E-state index is 12.9. The molecule has 2 N–H and O–H groups in total. The lowest BCUT2D eigenvalue weighted by Crippen LogP contribution is -2.68. The Morgan fingerprint density at radius 3 is 2.32 bits per heavy atom. The summed E-state index contributed by atoms with van der Waals surface area (Å²) in [6.45, 7) is 4.46. The largest absolute Gasteiger partial charge is 0.460 e. The SMILES string of the molecule is CC(C)(C)OC(=O)C[C@@H]1OC[C@@]2(O)C(=O)c3ccccc3C(=O)[C@@]12O. The van der Waals surface area contributed by atoms with Gasteiger partial charge in [-0.2, -0.15) is 0 Å². The van der Waals surface area contributed by atoms with Crippen molar-refractivity contribution in [3.63, 3.8) is 0 Å². The molecule has 0 saturated carbocycles. The van der Waals surface area contributed by atoms with Gasteiger partial charge < -0.3 is 19.7 Å². The number of hydrogen-bond acceptors (Lipinski definition) is 7. The molecule has 0 bridgehead atoms. The molecule has 0 spiro atoms. The predicted octanol–water partition coefficient (Wildman–Crippen LogP) is 0.658. The van der Waals surface area contributed by atoms with Gasteiger partial charge in [-0.15, -0.1) is 0 Å². The summed E-state index contributed by atoms with van der Waals surface area (Å²) < 4.78 is 10.5. The van der Waals surface area contributed by atoms with Gasteiger partial charge in [-0.3, -0.25) is 14.4 Å². The van der Waals surface area contributed by atoms with Gasteiger partial charge in [0, 0.05) is 11.1 Å². The Morgan fingerprint density at radius 2 is 1.76 bits per heavy atom. The number of fused-ring (bicyclic) bond motifs is 2. The summed E-state index contributed by atoms with van der Waals surface area (Å²) >= 11 is 0. The first-order chi connectivity index (χ1) is 11.5. The average Bonchev–Trinajstić information content (AvgIpc) is 2.78. The van der Waals surface area contributed by atoms with E-state index < -0.39 is 53.5 Å². The number of hydrogen-bond donors (Lipinski definition) is 2. The zero-order valence-electron chi connectivity index (χ0n) is 14.2. The first-order valence-corrected chi connectivity index (χ1v) is 7.97. The van der Waals surface area contributed by atoms with Gasteiger partial charge in [0.15, 0.2) is 11.2 Å². The van der Waals surface area contributed by atoms with Crippen molar-refractivity contribution in [3.05, 3.63) is 35.4 Å². The van der Waals surface area contributed by atoms with E-state index in [2.05, 4.69) is 0 Å². The van der Waals surface area contributed by atoms with Gasteiger partial charge in [-0.25, -0.2) is 0 Å². The molecule has 3 atom stereocenters. The molecule has 7 heteroatoms. The number of carbonyl (C=O) groups is 3. The molecule has 134 valence electrons. The third kappa shape index (κ3) is 2.50. The van der Waals surface area contributed by atoms with Crippen molar-refractivity contribution in [1.82, 2.24) is 0 Å². The van der Waals surface area contributed by atoms with E-state index in [0.717, 1.165) is 0 Å². The lowest BCUT2D eigenvalue weighted by Gasteiger charge is -2.40. The lowest BCUT2D eigenvalue weighted by molar-refractivity contribution is -0.160. The maximum absolute atomic E-state index is 12.9. The van der Waals surface area contributed by atoms with E-state index in [1.54, 1.807) is 32.9 Å². The summed E-state index contributed by atoms with van der Waals surface area (Å²) in [6.07, 6.45) is -1.84. The Kier molecular flexibility index (Phi) is 3.87. The number of benzene rings is 1. The minimum atomic E-state index is -2.53. The van der Waals surface area contributed by atoms with Gasteiger partial charge in [0.1, 0.15) is 11.7 Å². The number of rotatable bonds is 2. The number of esters is 1. The van der Waals surface area contributed by atoms with E-state index in [1.165, 1.54) is 12.1 Å². The van der Waals surface area contributed by atoms with E-state index in [-0.39, 0.29) is 11.1 Å². The van der Waals surface area contributed by atoms with Crippen molar-refractivity contribution in [2.45, 2.75) is 50.1 Å².